The second-order valence-corrected chi connectivity index (χ2v) is 6.68. The van der Waals surface area contributed by atoms with E-state index >= 15 is 0 Å². The molecule has 0 spiro atoms. The van der Waals surface area contributed by atoms with Gasteiger partial charge in [-0.15, -0.1) is 0 Å². The third-order valence-electron chi connectivity index (χ3n) is 3.20. The van der Waals surface area contributed by atoms with E-state index in [1.54, 1.807) is 17.5 Å². The summed E-state index contributed by atoms with van der Waals surface area (Å²) in [4.78, 5) is 18.5. The number of carbonyl (C=O) groups excluding carboxylic acids is 1. The van der Waals surface area contributed by atoms with E-state index in [1.807, 2.05) is 48.5 Å². The number of carbonyl (C=O) groups is 1. The molecule has 3 aromatic rings. The number of benzene rings is 2. The summed E-state index contributed by atoms with van der Waals surface area (Å²) in [5, 5.41) is 3.94. The van der Waals surface area contributed by atoms with Crippen molar-refractivity contribution in [3.63, 3.8) is 0 Å². The predicted octanol–water partition coefficient (Wildman–Crippen LogP) is 4.54. The lowest BCUT2D eigenvalue weighted by Crippen LogP contribution is -1.97. The molecule has 0 amide bonds. The van der Waals surface area contributed by atoms with Gasteiger partial charge >= 0.3 is 0 Å². The van der Waals surface area contributed by atoms with Crippen molar-refractivity contribution >= 4 is 44.2 Å². The van der Waals surface area contributed by atoms with Gasteiger partial charge in [0.1, 0.15) is 0 Å². The van der Waals surface area contributed by atoms with Crippen molar-refractivity contribution in [3.05, 3.63) is 65.2 Å². The van der Waals surface area contributed by atoms with Crippen LogP contribution in [0.15, 0.2) is 64.5 Å². The van der Waals surface area contributed by atoms with Crippen LogP contribution in [0.2, 0.25) is 0 Å². The molecule has 1 N–H and O–H groups in total. The van der Waals surface area contributed by atoms with Gasteiger partial charge < -0.3 is 5.32 Å². The molecule has 0 saturated heterocycles. The average molecular weight is 310 g/mol. The molecule has 0 unspecified atom stereocenters. The van der Waals surface area contributed by atoms with Crippen molar-refractivity contribution < 1.29 is 4.79 Å². The summed E-state index contributed by atoms with van der Waals surface area (Å²) in [5.41, 5.74) is 1.75. The largest absolute Gasteiger partial charge is 0.337 e. The molecule has 0 fully saturated rings. The van der Waals surface area contributed by atoms with Crippen LogP contribution in [0.5, 0.6) is 0 Å². The molecular weight excluding hydrogens is 300 g/mol. The van der Waals surface area contributed by atoms with Crippen molar-refractivity contribution in [2.75, 3.05) is 5.32 Å². The summed E-state index contributed by atoms with van der Waals surface area (Å²) in [7, 11) is 0. The van der Waals surface area contributed by atoms with Crippen LogP contribution in [-0.2, 0) is 0 Å². The van der Waals surface area contributed by atoms with E-state index in [-0.39, 0.29) is 5.78 Å². The van der Waals surface area contributed by atoms with Crippen LogP contribution in [0.4, 0.5) is 5.13 Å². The third-order valence-corrected chi connectivity index (χ3v) is 5.26. The summed E-state index contributed by atoms with van der Waals surface area (Å²) >= 11 is 3.07. The van der Waals surface area contributed by atoms with Gasteiger partial charge in [0.15, 0.2) is 5.13 Å². The SMILES string of the molecule is O=C1/C(=C\Nc2nc3ccccc3s2)Sc2ccccc21. The quantitative estimate of drug-likeness (QED) is 0.706. The Morgan fingerprint density at radius 2 is 1.86 bits per heavy atom. The molecule has 4 rings (SSSR count). The highest BCUT2D eigenvalue weighted by Gasteiger charge is 2.25. The highest BCUT2D eigenvalue weighted by Crippen LogP contribution is 2.39. The smallest absolute Gasteiger partial charge is 0.202 e. The topological polar surface area (TPSA) is 42.0 Å². The van der Waals surface area contributed by atoms with Gasteiger partial charge in [-0.2, -0.15) is 0 Å². The zero-order valence-electron chi connectivity index (χ0n) is 10.9. The molecule has 0 bridgehead atoms. The minimum atomic E-state index is 0.0733. The highest BCUT2D eigenvalue weighted by molar-refractivity contribution is 8.04. The van der Waals surface area contributed by atoms with Crippen molar-refractivity contribution in [2.24, 2.45) is 0 Å². The van der Waals surface area contributed by atoms with Crippen LogP contribution in [0.25, 0.3) is 10.2 Å². The third kappa shape index (κ3) is 2.24. The number of para-hydroxylation sites is 1. The van der Waals surface area contributed by atoms with Crippen molar-refractivity contribution in [2.45, 2.75) is 4.90 Å². The molecule has 5 heteroatoms. The maximum atomic E-state index is 12.2. The first-order valence-corrected chi connectivity index (χ1v) is 8.08. The summed E-state index contributed by atoms with van der Waals surface area (Å²) in [6.45, 7) is 0. The molecule has 0 radical (unpaired) electrons. The Balaban J connectivity index is 1.61. The van der Waals surface area contributed by atoms with Crippen molar-refractivity contribution in [3.8, 4) is 0 Å². The number of ketones is 1. The van der Waals surface area contributed by atoms with Gasteiger partial charge in [-0.1, -0.05) is 47.4 Å². The van der Waals surface area contributed by atoms with Gasteiger partial charge in [-0.3, -0.25) is 4.79 Å². The van der Waals surface area contributed by atoms with E-state index in [4.69, 9.17) is 0 Å². The zero-order chi connectivity index (χ0) is 14.2. The number of rotatable bonds is 2. The van der Waals surface area contributed by atoms with E-state index in [0.29, 0.717) is 4.91 Å². The number of aromatic nitrogens is 1. The lowest BCUT2D eigenvalue weighted by Gasteiger charge is -1.95. The molecule has 0 saturated carbocycles. The lowest BCUT2D eigenvalue weighted by molar-refractivity contribution is 0.104. The molecule has 1 aromatic heterocycles. The van der Waals surface area contributed by atoms with Crippen LogP contribution < -0.4 is 5.32 Å². The minimum Gasteiger partial charge on any atom is -0.337 e. The number of thioether (sulfide) groups is 1. The predicted molar refractivity (Wildman–Crippen MR) is 88.0 cm³/mol. The Morgan fingerprint density at radius 1 is 1.05 bits per heavy atom. The number of nitrogens with one attached hydrogen (secondary N) is 1. The molecule has 1 aliphatic heterocycles. The standard InChI is InChI=1S/C16H10N2OS2/c19-15-10-5-1-3-7-12(10)20-14(15)9-17-16-18-11-6-2-4-8-13(11)21-16/h1-9H,(H,17,18)/b14-9+. The fraction of sp³-hybridized carbons (Fsp3) is 0. The van der Waals surface area contributed by atoms with E-state index < -0.39 is 0 Å². The van der Waals surface area contributed by atoms with E-state index in [9.17, 15) is 4.79 Å². The molecule has 0 atom stereocenters. The monoisotopic (exact) mass is 310 g/mol. The number of hydrogen-bond donors (Lipinski definition) is 1. The Hall–Kier alpha value is -2.11. The van der Waals surface area contributed by atoms with Gasteiger partial charge in [0.05, 0.1) is 15.1 Å². The molecule has 1 aliphatic rings. The van der Waals surface area contributed by atoms with Gasteiger partial charge in [0.25, 0.3) is 0 Å². The van der Waals surface area contributed by atoms with E-state index in [1.165, 1.54) is 11.8 Å². The summed E-state index contributed by atoms with van der Waals surface area (Å²) in [6.07, 6.45) is 1.75. The Labute approximate surface area is 129 Å². The van der Waals surface area contributed by atoms with Gasteiger partial charge in [-0.25, -0.2) is 4.98 Å². The molecule has 2 heterocycles. The fourth-order valence-corrected chi connectivity index (χ4v) is 4.01. The Kier molecular flexibility index (Phi) is 3.02. The van der Waals surface area contributed by atoms with E-state index in [2.05, 4.69) is 10.3 Å². The first kappa shape index (κ1) is 12.6. The fourth-order valence-electron chi connectivity index (χ4n) is 2.20. The second kappa shape index (κ2) is 5.02. The molecular formula is C16H10N2OS2. The number of Topliss-reactive ketones (excluding diaryl/α,β-unsaturated/α-hetero) is 1. The summed E-state index contributed by atoms with van der Waals surface area (Å²) in [5.74, 6) is 0.0733. The number of hydrogen-bond acceptors (Lipinski definition) is 5. The lowest BCUT2D eigenvalue weighted by atomic mass is 10.1. The van der Waals surface area contributed by atoms with Gasteiger partial charge in [0, 0.05) is 16.7 Å². The minimum absolute atomic E-state index is 0.0733. The number of thiazole rings is 1. The number of fused-ring (bicyclic) bond motifs is 2. The molecule has 102 valence electrons. The highest BCUT2D eigenvalue weighted by atomic mass is 32.2. The maximum Gasteiger partial charge on any atom is 0.202 e. The van der Waals surface area contributed by atoms with Crippen LogP contribution in [-0.4, -0.2) is 10.8 Å². The van der Waals surface area contributed by atoms with Gasteiger partial charge in [0.2, 0.25) is 5.78 Å². The summed E-state index contributed by atoms with van der Waals surface area (Å²) in [6, 6.07) is 15.7. The van der Waals surface area contributed by atoms with Gasteiger partial charge in [-0.05, 0) is 24.3 Å². The average Bonchev–Trinajstić information content (AvgIpc) is 3.07. The second-order valence-electron chi connectivity index (χ2n) is 4.57. The normalized spacial score (nSPS) is 15.6. The molecule has 2 aromatic carbocycles. The van der Waals surface area contributed by atoms with Crippen LogP contribution in [0.3, 0.4) is 0 Å². The van der Waals surface area contributed by atoms with Crippen LogP contribution in [0.1, 0.15) is 10.4 Å². The van der Waals surface area contributed by atoms with Crippen molar-refractivity contribution in [1.82, 2.24) is 4.98 Å². The molecule has 21 heavy (non-hydrogen) atoms. The zero-order valence-corrected chi connectivity index (χ0v) is 12.5. The first-order valence-electron chi connectivity index (χ1n) is 6.45. The van der Waals surface area contributed by atoms with Crippen LogP contribution in [0, 0.1) is 0 Å². The summed E-state index contributed by atoms with van der Waals surface area (Å²) < 4.78 is 1.13. The maximum absolute atomic E-state index is 12.2. The Bertz CT molecular complexity index is 850. The number of nitrogens with zero attached hydrogens (tertiary/aromatic N) is 1. The first-order chi connectivity index (χ1) is 10.3. The van der Waals surface area contributed by atoms with Crippen LogP contribution >= 0.6 is 23.1 Å². The molecule has 3 nitrogen and oxygen atoms in total. The van der Waals surface area contributed by atoms with Crippen molar-refractivity contribution in [1.29, 1.82) is 0 Å². The van der Waals surface area contributed by atoms with E-state index in [0.717, 1.165) is 25.8 Å². The Morgan fingerprint density at radius 3 is 2.71 bits per heavy atom. The number of allylic oxidation sites excluding steroid dienone is 1. The molecule has 0 aliphatic carbocycles. The number of anilines is 1.